The molecule has 0 spiro atoms. The third-order valence-electron chi connectivity index (χ3n) is 19.3. The summed E-state index contributed by atoms with van der Waals surface area (Å²) in [6.07, 6.45) is 7.71. The molecule has 2 unspecified atom stereocenters. The van der Waals surface area contributed by atoms with Crippen LogP contribution in [0.5, 0.6) is 0 Å². The van der Waals surface area contributed by atoms with E-state index in [2.05, 4.69) is 310 Å². The van der Waals surface area contributed by atoms with Gasteiger partial charge < -0.3 is 9.13 Å². The van der Waals surface area contributed by atoms with Crippen LogP contribution in [0, 0.1) is 0 Å². The lowest BCUT2D eigenvalue weighted by Gasteiger charge is -2.42. The molecule has 94 heavy (non-hydrogen) atoms. The summed E-state index contributed by atoms with van der Waals surface area (Å²) in [5, 5.41) is 4.54. The first kappa shape index (κ1) is 53.3. The largest absolute Gasteiger partial charge is 0.309 e. The lowest BCUT2D eigenvalue weighted by molar-refractivity contribution is 0.754. The number of fused-ring (bicyclic) bond motifs is 6. The lowest BCUT2D eigenvalue weighted by Crippen LogP contribution is -2.27. The Morgan fingerprint density at radius 2 is 0.564 bits per heavy atom. The van der Waals surface area contributed by atoms with Crippen molar-refractivity contribution in [2.75, 3.05) is 0 Å². The molecule has 11 aromatic carbocycles. The normalized spacial score (nSPS) is 13.7. The van der Waals surface area contributed by atoms with Crippen molar-refractivity contribution < 1.29 is 0 Å². The first-order chi connectivity index (χ1) is 46.6. The van der Waals surface area contributed by atoms with Crippen molar-refractivity contribution in [1.82, 2.24) is 39.0 Å². The van der Waals surface area contributed by atoms with E-state index in [0.29, 0.717) is 11.6 Å². The Balaban J connectivity index is 0.689. The molecule has 3 aliphatic carbocycles. The number of nitrogens with zero attached hydrogens (tertiary/aromatic N) is 8. The van der Waals surface area contributed by atoms with Crippen LogP contribution in [0.1, 0.15) is 45.2 Å². The van der Waals surface area contributed by atoms with E-state index >= 15 is 0 Å². The molecule has 8 nitrogen and oxygen atoms in total. The third-order valence-corrected chi connectivity index (χ3v) is 19.3. The summed E-state index contributed by atoms with van der Waals surface area (Å²) in [6.45, 7) is 0. The fraction of sp³-hybridized carbons (Fsp3) is 0.0233. The molecular weight excluding hydrogens is 1150 g/mol. The molecule has 6 aromatic heterocycles. The number of hydrogen-bond acceptors (Lipinski definition) is 6. The van der Waals surface area contributed by atoms with Gasteiger partial charge in [-0.05, 0) is 153 Å². The number of aromatic nitrogens is 8. The van der Waals surface area contributed by atoms with Gasteiger partial charge in [-0.25, -0.2) is 19.9 Å². The first-order valence-electron chi connectivity index (χ1n) is 31.9. The summed E-state index contributed by atoms with van der Waals surface area (Å²) in [7, 11) is 0. The molecule has 2 atom stereocenters. The Hall–Kier alpha value is -12.5. The second-order valence-electron chi connectivity index (χ2n) is 24.6. The van der Waals surface area contributed by atoms with Crippen LogP contribution in [0.25, 0.3) is 145 Å². The van der Waals surface area contributed by atoms with E-state index in [9.17, 15) is 0 Å². The molecular formula is C86H54N8. The van der Waals surface area contributed by atoms with Crippen molar-refractivity contribution in [3.63, 3.8) is 0 Å². The molecule has 0 saturated heterocycles. The molecule has 0 N–H and O–H groups in total. The second kappa shape index (κ2) is 21.6. The zero-order valence-corrected chi connectivity index (χ0v) is 50.8. The molecule has 2 bridgehead atoms. The van der Waals surface area contributed by atoms with E-state index in [-0.39, 0.29) is 11.8 Å². The summed E-state index contributed by atoms with van der Waals surface area (Å²) in [6, 6.07) is 104. The van der Waals surface area contributed by atoms with Crippen LogP contribution >= 0.6 is 0 Å². The van der Waals surface area contributed by atoms with Gasteiger partial charge in [0.1, 0.15) is 0 Å². The van der Waals surface area contributed by atoms with E-state index < -0.39 is 0 Å². The quantitative estimate of drug-likeness (QED) is 0.136. The minimum Gasteiger partial charge on any atom is -0.309 e. The molecule has 0 saturated carbocycles. The second-order valence-corrected chi connectivity index (χ2v) is 24.6. The van der Waals surface area contributed by atoms with Gasteiger partial charge >= 0.3 is 0 Å². The van der Waals surface area contributed by atoms with Crippen molar-refractivity contribution in [1.29, 1.82) is 0 Å². The average molecular weight is 1200 g/mol. The van der Waals surface area contributed by atoms with Gasteiger partial charge in [0.05, 0.1) is 44.8 Å². The van der Waals surface area contributed by atoms with Crippen LogP contribution in [0.4, 0.5) is 0 Å². The number of rotatable bonds is 10. The summed E-state index contributed by atoms with van der Waals surface area (Å²) in [5.74, 6) is 1.34. The zero-order chi connectivity index (χ0) is 61.8. The number of benzene rings is 11. The van der Waals surface area contributed by atoms with Crippen LogP contribution in [0.3, 0.4) is 0 Å². The van der Waals surface area contributed by atoms with Crippen molar-refractivity contribution >= 4 is 43.6 Å². The van der Waals surface area contributed by atoms with Gasteiger partial charge in [-0.3, -0.25) is 9.97 Å². The Bertz CT molecular complexity index is 5520. The fourth-order valence-corrected chi connectivity index (χ4v) is 15.0. The van der Waals surface area contributed by atoms with Gasteiger partial charge in [-0.15, -0.1) is 0 Å². The molecule has 8 heteroatoms. The minimum absolute atomic E-state index is 0.0104. The van der Waals surface area contributed by atoms with Crippen molar-refractivity contribution in [2.45, 2.75) is 11.8 Å². The zero-order valence-electron chi connectivity index (χ0n) is 50.8. The Kier molecular flexibility index (Phi) is 12.2. The van der Waals surface area contributed by atoms with Gasteiger partial charge in [0.25, 0.3) is 0 Å². The Morgan fingerprint density at radius 1 is 0.223 bits per heavy atom. The topological polar surface area (TPSA) is 87.2 Å². The summed E-state index contributed by atoms with van der Waals surface area (Å²) >= 11 is 0. The van der Waals surface area contributed by atoms with Crippen LogP contribution in [-0.2, 0) is 0 Å². The molecule has 3 aliphatic rings. The fourth-order valence-electron chi connectivity index (χ4n) is 15.0. The van der Waals surface area contributed by atoms with Gasteiger partial charge in [0.2, 0.25) is 0 Å². The Morgan fingerprint density at radius 3 is 1.00 bits per heavy atom. The minimum atomic E-state index is -0.0104. The van der Waals surface area contributed by atoms with E-state index in [1.165, 1.54) is 33.4 Å². The van der Waals surface area contributed by atoms with Crippen molar-refractivity contribution in [2.24, 2.45) is 0 Å². The summed E-state index contributed by atoms with van der Waals surface area (Å²) in [4.78, 5) is 30.9. The maximum atomic E-state index is 5.48. The predicted molar refractivity (Wildman–Crippen MR) is 380 cm³/mol. The molecule has 438 valence electrons. The average Bonchev–Trinajstić information content (AvgIpc) is 1.00. The highest BCUT2D eigenvalue weighted by Gasteiger charge is 2.42. The van der Waals surface area contributed by atoms with E-state index in [1.54, 1.807) is 0 Å². The van der Waals surface area contributed by atoms with Gasteiger partial charge in [-0.2, -0.15) is 0 Å². The highest BCUT2D eigenvalue weighted by atomic mass is 15.0. The Labute approximate surface area is 542 Å². The molecule has 20 rings (SSSR count). The van der Waals surface area contributed by atoms with E-state index in [1.807, 2.05) is 24.8 Å². The number of para-hydroxylation sites is 2. The SMILES string of the molecule is c1ccc(-c2cc(-c3cccc(-c4ccc5c(c4)c4cnccc4n5-c4ccccc4)c3)nc(-c3ccc4c(c3)C3c5ccccc5C4c4cc(-c5nc(-c6ccccc6)cc(-c6cccc(-c7ccc8c(c7)c7cnccc7n8-c7ccccc7)c6)n5)ccc43)n2)cc1. The summed E-state index contributed by atoms with van der Waals surface area (Å²) < 4.78 is 4.65. The van der Waals surface area contributed by atoms with Crippen molar-refractivity contribution in [3.05, 3.63) is 349 Å². The molecule has 0 aliphatic heterocycles. The molecule has 17 aromatic rings. The van der Waals surface area contributed by atoms with E-state index in [4.69, 9.17) is 19.9 Å². The van der Waals surface area contributed by atoms with Crippen LogP contribution < -0.4 is 0 Å². The summed E-state index contributed by atoms with van der Waals surface area (Å²) in [5.41, 5.74) is 28.5. The van der Waals surface area contributed by atoms with Gasteiger partial charge in [0, 0.05) is 103 Å². The lowest BCUT2D eigenvalue weighted by atomic mass is 9.61. The maximum absolute atomic E-state index is 5.48. The number of pyridine rings is 2. The van der Waals surface area contributed by atoms with Crippen LogP contribution in [0.2, 0.25) is 0 Å². The van der Waals surface area contributed by atoms with Crippen LogP contribution in [0.15, 0.2) is 316 Å². The monoisotopic (exact) mass is 1200 g/mol. The third kappa shape index (κ3) is 8.75. The smallest absolute Gasteiger partial charge is 0.160 e. The van der Waals surface area contributed by atoms with Crippen LogP contribution in [-0.4, -0.2) is 39.0 Å². The van der Waals surface area contributed by atoms with E-state index in [0.717, 1.165) is 133 Å². The molecule has 0 fully saturated rings. The standard InChI is InChI=1S/C86H54N8/c1-5-17-53(18-6-1)75-49-77(59-23-15-21-55(43-59)57-33-37-79-69(45-57)73-51-87-41-39-81(73)93(79)63-25-9-3-10-26-63)91-85(89-75)61-31-35-67-71(47-61)83-65-29-13-14-30-66(65)84(67)72-48-62(32-36-68(72)83)86-90-76(54-19-7-2-8-20-54)50-78(92-86)60-24-16-22-56(44-60)58-34-38-80-70(46-58)74-52-88-42-40-82(74)94(80)64-27-11-4-12-28-64/h1-52,83-84H. The molecule has 0 amide bonds. The first-order valence-corrected chi connectivity index (χ1v) is 31.9. The van der Waals surface area contributed by atoms with Gasteiger partial charge in [-0.1, -0.05) is 194 Å². The highest BCUT2D eigenvalue weighted by Crippen LogP contribution is 2.57. The maximum Gasteiger partial charge on any atom is 0.160 e. The van der Waals surface area contributed by atoms with Gasteiger partial charge in [0.15, 0.2) is 11.6 Å². The van der Waals surface area contributed by atoms with Crippen molar-refractivity contribution in [3.8, 4) is 101 Å². The molecule has 6 heterocycles. The number of hydrogen-bond donors (Lipinski definition) is 0. The predicted octanol–water partition coefficient (Wildman–Crippen LogP) is 20.6. The molecule has 0 radical (unpaired) electrons. The highest BCUT2D eigenvalue weighted by molar-refractivity contribution is 6.11.